The van der Waals surface area contributed by atoms with E-state index in [-0.39, 0.29) is 5.91 Å². The zero-order valence-corrected chi connectivity index (χ0v) is 13.3. The molecule has 1 amide bonds. The van der Waals surface area contributed by atoms with Crippen LogP contribution in [0.1, 0.15) is 51.0 Å². The van der Waals surface area contributed by atoms with Crippen molar-refractivity contribution in [3.63, 3.8) is 0 Å². The first-order valence-electron chi connectivity index (χ1n) is 7.59. The number of nitrogens with one attached hydrogen (secondary N) is 1. The third kappa shape index (κ3) is 4.97. The third-order valence-electron chi connectivity index (χ3n) is 3.41. The number of amides is 1. The van der Waals surface area contributed by atoms with E-state index in [1.165, 1.54) is 29.3 Å². The van der Waals surface area contributed by atoms with Crippen molar-refractivity contribution in [1.82, 2.24) is 5.43 Å². The van der Waals surface area contributed by atoms with E-state index in [1.807, 2.05) is 12.1 Å². The molecular weight excluding hydrogens is 280 g/mol. The molecule has 0 saturated carbocycles. The average Bonchev–Trinajstić information content (AvgIpc) is 2.91. The van der Waals surface area contributed by atoms with Crippen LogP contribution in [0.2, 0.25) is 0 Å². The Bertz CT molecular complexity index is 604. The largest absolute Gasteiger partial charge is 0.273 e. The van der Waals surface area contributed by atoms with E-state index in [4.69, 9.17) is 0 Å². The zero-order chi connectivity index (χ0) is 14.9. The van der Waals surface area contributed by atoms with E-state index < -0.39 is 0 Å². The summed E-state index contributed by atoms with van der Waals surface area (Å²) in [5, 5.41) is 7.30. The normalized spacial score (nSPS) is 11.3. The number of rotatable bonds is 8. The molecule has 0 aliphatic carbocycles. The molecule has 0 spiro atoms. The lowest BCUT2D eigenvalue weighted by molar-refractivity contribution is -0.121. The van der Waals surface area contributed by atoms with E-state index in [9.17, 15) is 4.79 Å². The van der Waals surface area contributed by atoms with Crippen molar-refractivity contribution in [2.45, 2.75) is 45.4 Å². The molecule has 0 aliphatic rings. The van der Waals surface area contributed by atoms with Gasteiger partial charge in [0.15, 0.2) is 0 Å². The van der Waals surface area contributed by atoms with Crippen molar-refractivity contribution in [3.8, 4) is 0 Å². The summed E-state index contributed by atoms with van der Waals surface area (Å²) >= 11 is 1.69. The van der Waals surface area contributed by atoms with Crippen LogP contribution in [-0.4, -0.2) is 12.1 Å². The molecule has 4 heteroatoms. The molecule has 0 bridgehead atoms. The van der Waals surface area contributed by atoms with Gasteiger partial charge in [-0.15, -0.1) is 11.3 Å². The van der Waals surface area contributed by atoms with Crippen LogP contribution in [0.3, 0.4) is 0 Å². The maximum Gasteiger partial charge on any atom is 0.240 e. The highest BCUT2D eigenvalue weighted by Crippen LogP contribution is 2.24. The highest BCUT2D eigenvalue weighted by molar-refractivity contribution is 7.17. The maximum absolute atomic E-state index is 11.6. The SMILES string of the molecule is CCCCCCCC(=O)NN=Cc1csc2ccccc12. The lowest BCUT2D eigenvalue weighted by Crippen LogP contribution is -2.16. The number of unbranched alkanes of at least 4 members (excludes halogenated alkanes) is 4. The Morgan fingerprint density at radius 3 is 2.90 bits per heavy atom. The number of hydrogen-bond acceptors (Lipinski definition) is 3. The minimum absolute atomic E-state index is 0.00211. The van der Waals surface area contributed by atoms with Gasteiger partial charge >= 0.3 is 0 Å². The molecule has 1 aromatic carbocycles. The summed E-state index contributed by atoms with van der Waals surface area (Å²) < 4.78 is 1.24. The maximum atomic E-state index is 11.6. The number of nitrogens with zero attached hydrogens (tertiary/aromatic N) is 1. The topological polar surface area (TPSA) is 41.5 Å². The quantitative estimate of drug-likeness (QED) is 0.428. The summed E-state index contributed by atoms with van der Waals surface area (Å²) in [5.74, 6) is 0.00211. The van der Waals surface area contributed by atoms with Gasteiger partial charge in [-0.1, -0.05) is 50.8 Å². The molecule has 21 heavy (non-hydrogen) atoms. The average molecular weight is 302 g/mol. The molecule has 3 nitrogen and oxygen atoms in total. The fourth-order valence-corrected chi connectivity index (χ4v) is 3.13. The minimum Gasteiger partial charge on any atom is -0.273 e. The number of thiophene rings is 1. The summed E-state index contributed by atoms with van der Waals surface area (Å²) in [6.07, 6.45) is 8.06. The van der Waals surface area contributed by atoms with Crippen molar-refractivity contribution in [2.75, 3.05) is 0 Å². The van der Waals surface area contributed by atoms with E-state index in [2.05, 4.69) is 35.0 Å². The molecule has 0 atom stereocenters. The summed E-state index contributed by atoms with van der Waals surface area (Å²) in [6.45, 7) is 2.19. The van der Waals surface area contributed by atoms with Crippen molar-refractivity contribution < 1.29 is 4.79 Å². The number of hydrogen-bond donors (Lipinski definition) is 1. The summed E-state index contributed by atoms with van der Waals surface area (Å²) in [7, 11) is 0. The van der Waals surface area contributed by atoms with Gasteiger partial charge in [-0.3, -0.25) is 4.79 Å². The van der Waals surface area contributed by atoms with Gasteiger partial charge in [0.05, 0.1) is 6.21 Å². The van der Waals surface area contributed by atoms with Crippen LogP contribution in [0.4, 0.5) is 0 Å². The van der Waals surface area contributed by atoms with Crippen LogP contribution in [0, 0.1) is 0 Å². The van der Waals surface area contributed by atoms with Gasteiger partial charge in [0, 0.05) is 27.5 Å². The number of benzene rings is 1. The summed E-state index contributed by atoms with van der Waals surface area (Å²) in [6, 6.07) is 8.20. The summed E-state index contributed by atoms with van der Waals surface area (Å²) in [4.78, 5) is 11.6. The fraction of sp³-hybridized carbons (Fsp3) is 0.412. The second-order valence-electron chi connectivity index (χ2n) is 5.14. The van der Waals surface area contributed by atoms with Gasteiger partial charge < -0.3 is 0 Å². The van der Waals surface area contributed by atoms with Crippen LogP contribution in [-0.2, 0) is 4.79 Å². The van der Waals surface area contributed by atoms with Crippen LogP contribution < -0.4 is 5.43 Å². The Morgan fingerprint density at radius 2 is 2.05 bits per heavy atom. The molecule has 2 rings (SSSR count). The van der Waals surface area contributed by atoms with E-state index in [1.54, 1.807) is 17.6 Å². The van der Waals surface area contributed by atoms with Crippen LogP contribution >= 0.6 is 11.3 Å². The number of hydrazone groups is 1. The van der Waals surface area contributed by atoms with Gasteiger partial charge in [0.25, 0.3) is 0 Å². The Balaban J connectivity index is 1.76. The Kier molecular flexibility index (Phi) is 6.41. The first-order chi connectivity index (χ1) is 10.3. The molecule has 0 aliphatic heterocycles. The lowest BCUT2D eigenvalue weighted by Gasteiger charge is -2.00. The third-order valence-corrected chi connectivity index (χ3v) is 4.39. The van der Waals surface area contributed by atoms with Crippen LogP contribution in [0.5, 0.6) is 0 Å². The van der Waals surface area contributed by atoms with E-state index >= 15 is 0 Å². The Morgan fingerprint density at radius 1 is 1.24 bits per heavy atom. The molecule has 112 valence electrons. The first kappa shape index (κ1) is 15.7. The Hall–Kier alpha value is -1.68. The predicted molar refractivity (Wildman–Crippen MR) is 90.9 cm³/mol. The number of carbonyl (C=O) groups excluding carboxylic acids is 1. The van der Waals surface area contributed by atoms with Crippen LogP contribution in [0.25, 0.3) is 10.1 Å². The van der Waals surface area contributed by atoms with Crippen molar-refractivity contribution in [2.24, 2.45) is 5.10 Å². The number of fused-ring (bicyclic) bond motifs is 1. The van der Waals surface area contributed by atoms with Gasteiger partial charge in [-0.05, 0) is 12.5 Å². The number of carbonyl (C=O) groups is 1. The lowest BCUT2D eigenvalue weighted by atomic mass is 10.1. The van der Waals surface area contributed by atoms with Gasteiger partial charge in [0.2, 0.25) is 5.91 Å². The van der Waals surface area contributed by atoms with Crippen LogP contribution in [0.15, 0.2) is 34.7 Å². The standard InChI is InChI=1S/C17H22N2OS/c1-2-3-4-5-6-11-17(20)19-18-12-14-13-21-16-10-8-7-9-15(14)16/h7-10,12-13H,2-6,11H2,1H3,(H,19,20). The summed E-state index contributed by atoms with van der Waals surface area (Å²) in [5.41, 5.74) is 3.67. The van der Waals surface area contributed by atoms with E-state index in [0.29, 0.717) is 6.42 Å². The second kappa shape index (κ2) is 8.57. The molecular formula is C17H22N2OS. The fourth-order valence-electron chi connectivity index (χ4n) is 2.22. The Labute approximate surface area is 130 Å². The molecule has 0 saturated heterocycles. The van der Waals surface area contributed by atoms with Crippen molar-refractivity contribution in [3.05, 3.63) is 35.2 Å². The minimum atomic E-state index is 0.00211. The molecule has 1 N–H and O–H groups in total. The molecule has 1 aromatic heterocycles. The van der Waals surface area contributed by atoms with Gasteiger partial charge in [-0.25, -0.2) is 5.43 Å². The molecule has 0 fully saturated rings. The highest BCUT2D eigenvalue weighted by atomic mass is 32.1. The first-order valence-corrected chi connectivity index (χ1v) is 8.47. The zero-order valence-electron chi connectivity index (χ0n) is 12.5. The smallest absolute Gasteiger partial charge is 0.240 e. The monoisotopic (exact) mass is 302 g/mol. The van der Waals surface area contributed by atoms with E-state index in [0.717, 1.165) is 18.4 Å². The molecule has 0 radical (unpaired) electrons. The van der Waals surface area contributed by atoms with Crippen molar-refractivity contribution in [1.29, 1.82) is 0 Å². The highest BCUT2D eigenvalue weighted by Gasteiger charge is 2.01. The second-order valence-corrected chi connectivity index (χ2v) is 6.06. The molecule has 2 aromatic rings. The van der Waals surface area contributed by atoms with Gasteiger partial charge in [0.1, 0.15) is 0 Å². The molecule has 0 unspecified atom stereocenters. The van der Waals surface area contributed by atoms with Gasteiger partial charge in [-0.2, -0.15) is 5.10 Å². The van der Waals surface area contributed by atoms with Crippen molar-refractivity contribution >= 4 is 33.5 Å². The predicted octanol–water partition coefficient (Wildman–Crippen LogP) is 4.71. The molecule has 1 heterocycles.